The van der Waals surface area contributed by atoms with Crippen molar-refractivity contribution in [3.63, 3.8) is 0 Å². The maximum atomic E-state index is 11.9. The number of benzene rings is 1. The van der Waals surface area contributed by atoms with Crippen molar-refractivity contribution in [1.82, 2.24) is 10.2 Å². The van der Waals surface area contributed by atoms with Crippen LogP contribution in [0.4, 0.5) is 4.79 Å². The van der Waals surface area contributed by atoms with Gasteiger partial charge in [-0.1, -0.05) is 12.1 Å². The molecule has 6 nitrogen and oxygen atoms in total. The first-order valence-electron chi connectivity index (χ1n) is 6.22. The topological polar surface area (TPSA) is 89.9 Å². The molecule has 0 aliphatic carbocycles. The molecule has 6 heteroatoms. The van der Waals surface area contributed by atoms with Gasteiger partial charge >= 0.3 is 12.0 Å². The van der Waals surface area contributed by atoms with Gasteiger partial charge in [-0.15, -0.1) is 0 Å². The Labute approximate surface area is 118 Å². The number of carbonyl (C=O) groups excluding carboxylic acids is 1. The Morgan fingerprint density at radius 1 is 1.35 bits per heavy atom. The van der Waals surface area contributed by atoms with E-state index in [1.807, 2.05) is 0 Å². The highest BCUT2D eigenvalue weighted by molar-refractivity contribution is 5.87. The molecule has 0 saturated heterocycles. The summed E-state index contributed by atoms with van der Waals surface area (Å²) in [6, 6.07) is 6.05. The first kappa shape index (κ1) is 16.0. The lowest BCUT2D eigenvalue weighted by Gasteiger charge is -2.33. The number of hydrogen-bond acceptors (Lipinski definition) is 3. The Balaban J connectivity index is 2.66. The molecule has 0 fully saturated rings. The molecule has 0 aliphatic rings. The fourth-order valence-electron chi connectivity index (χ4n) is 1.49. The fraction of sp³-hybridized carbons (Fsp3) is 0.429. The van der Waals surface area contributed by atoms with Crippen LogP contribution in [-0.2, 0) is 6.54 Å². The molecular weight excluding hydrogens is 260 g/mol. The van der Waals surface area contributed by atoms with Crippen LogP contribution in [0.3, 0.4) is 0 Å². The van der Waals surface area contributed by atoms with Gasteiger partial charge in [0.05, 0.1) is 17.7 Å². The molecule has 0 aliphatic heterocycles. The van der Waals surface area contributed by atoms with E-state index in [9.17, 15) is 14.7 Å². The SMILES string of the molecule is CN(C(=O)NCc1cccc(C(=O)O)c1)C(C)(C)CO. The molecule has 1 aromatic rings. The number of likely N-dealkylation sites (N-methyl/N-ethyl adjacent to an activating group) is 1. The van der Waals surface area contributed by atoms with E-state index in [-0.39, 0.29) is 24.7 Å². The number of carboxylic acid groups (broad SMARTS) is 1. The van der Waals surface area contributed by atoms with Crippen molar-refractivity contribution in [2.45, 2.75) is 25.9 Å². The number of urea groups is 1. The van der Waals surface area contributed by atoms with E-state index in [1.165, 1.54) is 17.0 Å². The quantitative estimate of drug-likeness (QED) is 0.758. The summed E-state index contributed by atoms with van der Waals surface area (Å²) in [7, 11) is 1.60. The maximum absolute atomic E-state index is 11.9. The maximum Gasteiger partial charge on any atom is 0.335 e. The van der Waals surface area contributed by atoms with E-state index in [2.05, 4.69) is 5.32 Å². The van der Waals surface area contributed by atoms with Crippen molar-refractivity contribution >= 4 is 12.0 Å². The summed E-state index contributed by atoms with van der Waals surface area (Å²) in [6.45, 7) is 3.58. The van der Waals surface area contributed by atoms with E-state index >= 15 is 0 Å². The second-order valence-corrected chi connectivity index (χ2v) is 5.19. The number of aliphatic hydroxyl groups excluding tert-OH is 1. The first-order valence-corrected chi connectivity index (χ1v) is 6.22. The third kappa shape index (κ3) is 3.96. The molecule has 0 saturated carbocycles. The number of carbonyl (C=O) groups is 2. The van der Waals surface area contributed by atoms with Crippen molar-refractivity contribution in [3.8, 4) is 0 Å². The number of aliphatic hydroxyl groups is 1. The molecule has 0 unspecified atom stereocenters. The summed E-state index contributed by atoms with van der Waals surface area (Å²) in [5, 5.41) is 20.8. The summed E-state index contributed by atoms with van der Waals surface area (Å²) < 4.78 is 0. The molecule has 0 aromatic heterocycles. The molecular formula is C14H20N2O4. The zero-order valence-electron chi connectivity index (χ0n) is 11.9. The van der Waals surface area contributed by atoms with E-state index in [0.717, 1.165) is 0 Å². The standard InChI is InChI=1S/C14H20N2O4/c1-14(2,9-17)16(3)13(20)15-8-10-5-4-6-11(7-10)12(18)19/h4-7,17H,8-9H2,1-3H3,(H,15,20)(H,18,19). The summed E-state index contributed by atoms with van der Waals surface area (Å²) in [4.78, 5) is 24.2. The summed E-state index contributed by atoms with van der Waals surface area (Å²) in [5.41, 5.74) is 0.224. The zero-order chi connectivity index (χ0) is 15.3. The summed E-state index contributed by atoms with van der Waals surface area (Å²) in [5.74, 6) is -1.00. The Morgan fingerprint density at radius 2 is 2.00 bits per heavy atom. The Morgan fingerprint density at radius 3 is 2.55 bits per heavy atom. The van der Waals surface area contributed by atoms with Gasteiger partial charge in [0.15, 0.2) is 0 Å². The van der Waals surface area contributed by atoms with Gasteiger partial charge in [-0.3, -0.25) is 0 Å². The van der Waals surface area contributed by atoms with Crippen LogP contribution in [0, 0.1) is 0 Å². The number of hydrogen-bond donors (Lipinski definition) is 3. The van der Waals surface area contributed by atoms with Crippen LogP contribution in [-0.4, -0.2) is 46.3 Å². The molecule has 0 atom stereocenters. The number of nitrogens with zero attached hydrogens (tertiary/aromatic N) is 1. The molecule has 2 amide bonds. The van der Waals surface area contributed by atoms with Gasteiger partial charge in [0, 0.05) is 13.6 Å². The predicted molar refractivity (Wildman–Crippen MR) is 74.6 cm³/mol. The Bertz CT molecular complexity index is 500. The van der Waals surface area contributed by atoms with Gasteiger partial charge in [0.2, 0.25) is 0 Å². The van der Waals surface area contributed by atoms with Crippen molar-refractivity contribution in [3.05, 3.63) is 35.4 Å². The minimum Gasteiger partial charge on any atom is -0.478 e. The van der Waals surface area contributed by atoms with Gasteiger partial charge in [-0.05, 0) is 31.5 Å². The Hall–Kier alpha value is -2.08. The lowest BCUT2D eigenvalue weighted by molar-refractivity contribution is 0.0696. The number of nitrogens with one attached hydrogen (secondary N) is 1. The smallest absolute Gasteiger partial charge is 0.335 e. The predicted octanol–water partition coefficient (Wildman–Crippen LogP) is 1.30. The van der Waals surface area contributed by atoms with Gasteiger partial charge in [0.25, 0.3) is 0 Å². The summed E-state index contributed by atoms with van der Waals surface area (Å²) >= 11 is 0. The molecule has 0 heterocycles. The minimum atomic E-state index is -1.00. The third-order valence-corrected chi connectivity index (χ3v) is 3.22. The number of amides is 2. The lowest BCUT2D eigenvalue weighted by Crippen LogP contribution is -2.51. The number of rotatable bonds is 5. The largest absolute Gasteiger partial charge is 0.478 e. The van der Waals surface area contributed by atoms with Crippen LogP contribution in [0.25, 0.3) is 0 Å². The third-order valence-electron chi connectivity index (χ3n) is 3.22. The highest BCUT2D eigenvalue weighted by atomic mass is 16.4. The fourth-order valence-corrected chi connectivity index (χ4v) is 1.49. The van der Waals surface area contributed by atoms with Gasteiger partial charge in [-0.2, -0.15) is 0 Å². The monoisotopic (exact) mass is 280 g/mol. The highest BCUT2D eigenvalue weighted by Gasteiger charge is 2.26. The van der Waals surface area contributed by atoms with Gasteiger partial charge in [0.1, 0.15) is 0 Å². The van der Waals surface area contributed by atoms with Crippen molar-refractivity contribution in [2.75, 3.05) is 13.7 Å². The molecule has 1 aromatic carbocycles. The minimum absolute atomic E-state index is 0.147. The average Bonchev–Trinajstić information content (AvgIpc) is 2.44. The second-order valence-electron chi connectivity index (χ2n) is 5.19. The van der Waals surface area contributed by atoms with Crippen molar-refractivity contribution in [2.24, 2.45) is 0 Å². The summed E-state index contributed by atoms with van der Waals surface area (Å²) in [6.07, 6.45) is 0. The second kappa shape index (κ2) is 6.38. The molecule has 1 rings (SSSR count). The zero-order valence-corrected chi connectivity index (χ0v) is 11.9. The van der Waals surface area contributed by atoms with E-state index in [0.29, 0.717) is 5.56 Å². The molecule has 110 valence electrons. The van der Waals surface area contributed by atoms with Crippen LogP contribution in [0.2, 0.25) is 0 Å². The average molecular weight is 280 g/mol. The van der Waals surface area contributed by atoms with Crippen molar-refractivity contribution in [1.29, 1.82) is 0 Å². The number of aromatic carboxylic acids is 1. The van der Waals surface area contributed by atoms with E-state index in [1.54, 1.807) is 33.0 Å². The van der Waals surface area contributed by atoms with E-state index in [4.69, 9.17) is 5.11 Å². The van der Waals surface area contributed by atoms with Crippen LogP contribution < -0.4 is 5.32 Å². The molecule has 20 heavy (non-hydrogen) atoms. The van der Waals surface area contributed by atoms with E-state index < -0.39 is 11.5 Å². The van der Waals surface area contributed by atoms with Crippen LogP contribution in [0.5, 0.6) is 0 Å². The molecule has 0 spiro atoms. The lowest BCUT2D eigenvalue weighted by atomic mass is 10.1. The molecule has 0 radical (unpaired) electrons. The highest BCUT2D eigenvalue weighted by Crippen LogP contribution is 2.11. The molecule has 0 bridgehead atoms. The van der Waals surface area contributed by atoms with Crippen molar-refractivity contribution < 1.29 is 19.8 Å². The first-order chi connectivity index (χ1) is 9.27. The Kier molecular flexibility index (Phi) is 5.10. The number of carboxylic acids is 1. The van der Waals surface area contributed by atoms with Crippen LogP contribution in [0.1, 0.15) is 29.8 Å². The van der Waals surface area contributed by atoms with Gasteiger partial charge < -0.3 is 20.4 Å². The van der Waals surface area contributed by atoms with Crippen LogP contribution in [0.15, 0.2) is 24.3 Å². The molecule has 3 N–H and O–H groups in total. The normalized spacial score (nSPS) is 11.0. The van der Waals surface area contributed by atoms with Gasteiger partial charge in [-0.25, -0.2) is 9.59 Å². The van der Waals surface area contributed by atoms with Crippen LogP contribution >= 0.6 is 0 Å².